The first-order chi connectivity index (χ1) is 15.2. The molecule has 3 aromatic rings. The SMILES string of the molecule is O=C1NC(=NNC(=O)c2ccncc2)SC1=Cc1cccc(OCc2ccccc2)c1. The Morgan fingerprint density at radius 3 is 2.71 bits per heavy atom. The van der Waals surface area contributed by atoms with Gasteiger partial charge in [-0.05, 0) is 53.2 Å². The summed E-state index contributed by atoms with van der Waals surface area (Å²) in [5.74, 6) is 0.0445. The standard InChI is InChI=1S/C23H18N4O3S/c28-21(18-9-11-24-12-10-18)26-27-23-25-22(29)20(31-23)14-17-7-4-8-19(13-17)30-15-16-5-2-1-3-6-16/h1-14H,15H2,(H,26,28)(H,25,27,29). The fourth-order valence-corrected chi connectivity index (χ4v) is 3.52. The van der Waals surface area contributed by atoms with Gasteiger partial charge in [0.05, 0.1) is 4.91 Å². The predicted molar refractivity (Wildman–Crippen MR) is 120 cm³/mol. The number of thioether (sulfide) groups is 1. The Labute approximate surface area is 183 Å². The molecule has 2 heterocycles. The van der Waals surface area contributed by atoms with Crippen LogP contribution in [0.3, 0.4) is 0 Å². The van der Waals surface area contributed by atoms with Crippen LogP contribution in [0.1, 0.15) is 21.5 Å². The van der Waals surface area contributed by atoms with Crippen molar-refractivity contribution in [1.82, 2.24) is 15.7 Å². The number of aromatic nitrogens is 1. The lowest BCUT2D eigenvalue weighted by atomic mass is 10.2. The maximum atomic E-state index is 12.3. The Morgan fingerprint density at radius 1 is 1.10 bits per heavy atom. The monoisotopic (exact) mass is 430 g/mol. The second kappa shape index (κ2) is 9.73. The number of rotatable bonds is 6. The lowest BCUT2D eigenvalue weighted by Crippen LogP contribution is -2.25. The second-order valence-electron chi connectivity index (χ2n) is 6.51. The third kappa shape index (κ3) is 5.58. The number of pyridine rings is 1. The summed E-state index contributed by atoms with van der Waals surface area (Å²) in [7, 11) is 0. The first-order valence-electron chi connectivity index (χ1n) is 9.43. The number of ether oxygens (including phenoxy) is 1. The number of nitrogens with zero attached hydrogens (tertiary/aromatic N) is 2. The molecule has 0 saturated carbocycles. The Morgan fingerprint density at radius 2 is 1.90 bits per heavy atom. The van der Waals surface area contributed by atoms with E-state index < -0.39 is 0 Å². The van der Waals surface area contributed by atoms with Crippen LogP contribution >= 0.6 is 11.8 Å². The molecule has 4 rings (SSSR count). The first-order valence-corrected chi connectivity index (χ1v) is 10.2. The molecular weight excluding hydrogens is 412 g/mol. The first kappa shape index (κ1) is 20.4. The van der Waals surface area contributed by atoms with Crippen LogP contribution in [0.15, 0.2) is 89.1 Å². The molecule has 0 radical (unpaired) electrons. The van der Waals surface area contributed by atoms with Crippen LogP contribution in [0.2, 0.25) is 0 Å². The topological polar surface area (TPSA) is 92.7 Å². The summed E-state index contributed by atoms with van der Waals surface area (Å²) in [4.78, 5) is 28.7. The Kier molecular flexibility index (Phi) is 6.39. The molecule has 1 aliphatic heterocycles. The molecule has 0 unspecified atom stereocenters. The maximum Gasteiger partial charge on any atom is 0.271 e. The third-order valence-electron chi connectivity index (χ3n) is 4.26. The Bertz CT molecular complexity index is 1150. The minimum atomic E-state index is -0.384. The summed E-state index contributed by atoms with van der Waals surface area (Å²) in [6, 6.07) is 20.5. The van der Waals surface area contributed by atoms with Gasteiger partial charge in [0.1, 0.15) is 12.4 Å². The van der Waals surface area contributed by atoms with Gasteiger partial charge in [-0.1, -0.05) is 42.5 Å². The third-order valence-corrected chi connectivity index (χ3v) is 5.17. The zero-order valence-electron chi connectivity index (χ0n) is 16.3. The van der Waals surface area contributed by atoms with E-state index in [1.165, 1.54) is 12.4 Å². The van der Waals surface area contributed by atoms with E-state index in [0.29, 0.717) is 28.0 Å². The van der Waals surface area contributed by atoms with E-state index in [1.807, 2.05) is 54.6 Å². The van der Waals surface area contributed by atoms with Crippen molar-refractivity contribution in [2.24, 2.45) is 5.10 Å². The van der Waals surface area contributed by atoms with Gasteiger partial charge in [0.2, 0.25) is 0 Å². The van der Waals surface area contributed by atoms with Crippen molar-refractivity contribution >= 4 is 34.8 Å². The lowest BCUT2D eigenvalue weighted by molar-refractivity contribution is -0.115. The van der Waals surface area contributed by atoms with Gasteiger partial charge in [0.25, 0.3) is 11.8 Å². The van der Waals surface area contributed by atoms with Crippen molar-refractivity contribution in [2.75, 3.05) is 0 Å². The van der Waals surface area contributed by atoms with Crippen molar-refractivity contribution in [1.29, 1.82) is 0 Å². The molecule has 1 aromatic heterocycles. The molecule has 0 aliphatic carbocycles. The zero-order chi connectivity index (χ0) is 21.5. The van der Waals surface area contributed by atoms with Crippen LogP contribution in [-0.4, -0.2) is 22.0 Å². The Hall–Kier alpha value is -3.91. The molecular formula is C23H18N4O3S. The maximum absolute atomic E-state index is 12.3. The highest BCUT2D eigenvalue weighted by atomic mass is 32.2. The summed E-state index contributed by atoms with van der Waals surface area (Å²) in [5.41, 5.74) is 4.75. The second-order valence-corrected chi connectivity index (χ2v) is 7.54. The van der Waals surface area contributed by atoms with Gasteiger partial charge in [0, 0.05) is 18.0 Å². The van der Waals surface area contributed by atoms with Crippen molar-refractivity contribution in [3.63, 3.8) is 0 Å². The smallest absolute Gasteiger partial charge is 0.271 e. The lowest BCUT2D eigenvalue weighted by Gasteiger charge is -2.07. The van der Waals surface area contributed by atoms with Crippen LogP contribution in [0, 0.1) is 0 Å². The fourth-order valence-electron chi connectivity index (χ4n) is 2.74. The van der Waals surface area contributed by atoms with Gasteiger partial charge in [-0.2, -0.15) is 0 Å². The van der Waals surface area contributed by atoms with Gasteiger partial charge in [-0.25, -0.2) is 5.43 Å². The average molecular weight is 430 g/mol. The molecule has 1 aliphatic rings. The van der Waals surface area contributed by atoms with E-state index in [9.17, 15) is 9.59 Å². The normalized spacial score (nSPS) is 15.7. The number of benzene rings is 2. The van der Waals surface area contributed by atoms with Gasteiger partial charge in [0.15, 0.2) is 5.17 Å². The van der Waals surface area contributed by atoms with Gasteiger partial charge >= 0.3 is 0 Å². The number of hydrogen-bond acceptors (Lipinski definition) is 6. The summed E-state index contributed by atoms with van der Waals surface area (Å²) in [6.45, 7) is 0.462. The van der Waals surface area contributed by atoms with Crippen molar-refractivity contribution in [2.45, 2.75) is 6.61 Å². The molecule has 0 bridgehead atoms. The predicted octanol–water partition coefficient (Wildman–Crippen LogP) is 3.57. The van der Waals surface area contributed by atoms with E-state index in [1.54, 1.807) is 18.2 Å². The van der Waals surface area contributed by atoms with Gasteiger partial charge in [-0.15, -0.1) is 5.10 Å². The molecule has 0 spiro atoms. The van der Waals surface area contributed by atoms with E-state index in [2.05, 4.69) is 20.8 Å². The van der Waals surface area contributed by atoms with Crippen LogP contribution in [0.25, 0.3) is 6.08 Å². The van der Waals surface area contributed by atoms with Crippen molar-refractivity contribution in [3.8, 4) is 5.75 Å². The van der Waals surface area contributed by atoms with E-state index >= 15 is 0 Å². The molecule has 2 N–H and O–H groups in total. The number of carbonyl (C=O) groups excluding carboxylic acids is 2. The van der Waals surface area contributed by atoms with Crippen LogP contribution in [-0.2, 0) is 11.4 Å². The molecule has 0 atom stereocenters. The Balaban J connectivity index is 1.39. The highest BCUT2D eigenvalue weighted by Crippen LogP contribution is 2.27. The molecule has 7 nitrogen and oxygen atoms in total. The van der Waals surface area contributed by atoms with E-state index in [4.69, 9.17) is 4.74 Å². The summed E-state index contributed by atoms with van der Waals surface area (Å²) in [6.07, 6.45) is 4.79. The van der Waals surface area contributed by atoms with Crippen LogP contribution in [0.5, 0.6) is 5.75 Å². The number of amides is 2. The van der Waals surface area contributed by atoms with Crippen molar-refractivity contribution < 1.29 is 14.3 Å². The number of carbonyl (C=O) groups is 2. The fraction of sp³-hybridized carbons (Fsp3) is 0.0435. The molecule has 1 fully saturated rings. The van der Waals surface area contributed by atoms with Gasteiger partial charge < -0.3 is 4.74 Å². The minimum Gasteiger partial charge on any atom is -0.489 e. The molecule has 2 aromatic carbocycles. The molecule has 8 heteroatoms. The average Bonchev–Trinajstić information content (AvgIpc) is 3.16. The molecule has 2 amide bonds. The molecule has 1 saturated heterocycles. The molecule has 154 valence electrons. The number of amidine groups is 1. The highest BCUT2D eigenvalue weighted by molar-refractivity contribution is 8.18. The minimum absolute atomic E-state index is 0.280. The summed E-state index contributed by atoms with van der Waals surface area (Å²) >= 11 is 1.15. The quantitative estimate of drug-likeness (QED) is 0.461. The van der Waals surface area contributed by atoms with E-state index in [-0.39, 0.29) is 11.8 Å². The number of hydrazone groups is 1. The molecule has 31 heavy (non-hydrogen) atoms. The summed E-state index contributed by atoms with van der Waals surface area (Å²) < 4.78 is 5.84. The van der Waals surface area contributed by atoms with Crippen molar-refractivity contribution in [3.05, 3.63) is 101 Å². The van der Waals surface area contributed by atoms with Crippen LogP contribution in [0.4, 0.5) is 0 Å². The zero-order valence-corrected chi connectivity index (χ0v) is 17.1. The highest BCUT2D eigenvalue weighted by Gasteiger charge is 2.24. The number of hydrogen-bond donors (Lipinski definition) is 2. The van der Waals surface area contributed by atoms with Gasteiger partial charge in [-0.3, -0.25) is 19.9 Å². The largest absolute Gasteiger partial charge is 0.489 e. The summed E-state index contributed by atoms with van der Waals surface area (Å²) in [5, 5.41) is 6.93. The van der Waals surface area contributed by atoms with E-state index in [0.717, 1.165) is 22.9 Å². The van der Waals surface area contributed by atoms with Crippen LogP contribution < -0.4 is 15.5 Å². The number of nitrogens with one attached hydrogen (secondary N) is 2.